The number of ether oxygens (including phenoxy) is 3. The Labute approximate surface area is 321 Å². The van der Waals surface area contributed by atoms with Crippen LogP contribution in [-0.4, -0.2) is 53.3 Å². The normalized spacial score (nSPS) is 17.1. The van der Waals surface area contributed by atoms with Crippen LogP contribution >= 0.6 is 7.82 Å². The van der Waals surface area contributed by atoms with Crippen LogP contribution in [0.1, 0.15) is 155 Å². The van der Waals surface area contributed by atoms with Crippen LogP contribution in [0.3, 0.4) is 0 Å². The summed E-state index contributed by atoms with van der Waals surface area (Å²) < 4.78 is 32.0. The predicted octanol–water partition coefficient (Wildman–Crippen LogP) is 11.3. The molecule has 0 aromatic carbocycles. The molecule has 1 aliphatic rings. The lowest BCUT2D eigenvalue weighted by atomic mass is 10.1. The summed E-state index contributed by atoms with van der Waals surface area (Å²) in [5, 5.41) is 0. The van der Waals surface area contributed by atoms with Crippen LogP contribution in [0.4, 0.5) is 0 Å². The monoisotopic (exact) mass is 762 g/mol. The van der Waals surface area contributed by atoms with Crippen LogP contribution in [0.15, 0.2) is 72.9 Å². The molecule has 0 aromatic rings. The van der Waals surface area contributed by atoms with Gasteiger partial charge in [0.05, 0.1) is 18.8 Å². The van der Waals surface area contributed by atoms with E-state index < -0.39 is 32.5 Å². The van der Waals surface area contributed by atoms with Crippen LogP contribution in [0.5, 0.6) is 0 Å². The molecular formula is C43H71O9P. The molecule has 2 N–H and O–H groups in total. The highest BCUT2D eigenvalue weighted by Gasteiger charge is 2.36. The molecule has 1 saturated heterocycles. The van der Waals surface area contributed by atoms with Gasteiger partial charge in [-0.3, -0.25) is 14.1 Å². The van der Waals surface area contributed by atoms with Crippen molar-refractivity contribution in [3.8, 4) is 0 Å². The van der Waals surface area contributed by atoms with Gasteiger partial charge < -0.3 is 24.0 Å². The minimum atomic E-state index is -4.79. The Hall–Kier alpha value is -2.55. The molecule has 1 aliphatic heterocycles. The average molecular weight is 763 g/mol. The van der Waals surface area contributed by atoms with Crippen molar-refractivity contribution < 1.29 is 42.7 Å². The van der Waals surface area contributed by atoms with Gasteiger partial charge in [-0.05, 0) is 77.0 Å². The Balaban J connectivity index is 2.16. The Bertz CT molecular complexity index is 1150. The van der Waals surface area contributed by atoms with Crippen molar-refractivity contribution in [3.05, 3.63) is 72.9 Å². The van der Waals surface area contributed by atoms with E-state index >= 15 is 0 Å². The number of phosphoric ester groups is 1. The number of carbonyl (C=O) groups excluding carboxylic acids is 2. The number of hydrogen-bond donors (Lipinski definition) is 2. The van der Waals surface area contributed by atoms with Crippen molar-refractivity contribution in [2.24, 2.45) is 0 Å². The zero-order chi connectivity index (χ0) is 38.7. The van der Waals surface area contributed by atoms with Crippen LogP contribution in [0.2, 0.25) is 0 Å². The third-order valence-electron chi connectivity index (χ3n) is 8.62. The number of carbonyl (C=O) groups is 2. The number of unbranched alkanes of at least 4 members (excludes halogenated alkanes) is 10. The first kappa shape index (κ1) is 48.5. The van der Waals surface area contributed by atoms with Gasteiger partial charge in [-0.2, -0.15) is 0 Å². The van der Waals surface area contributed by atoms with E-state index in [4.69, 9.17) is 24.0 Å². The van der Waals surface area contributed by atoms with Crippen molar-refractivity contribution in [2.75, 3.05) is 13.2 Å². The molecule has 10 heteroatoms. The molecular weight excluding hydrogens is 691 g/mol. The third-order valence-corrected chi connectivity index (χ3v) is 9.11. The number of phosphoric acid groups is 1. The van der Waals surface area contributed by atoms with Crippen molar-refractivity contribution in [3.63, 3.8) is 0 Å². The lowest BCUT2D eigenvalue weighted by Gasteiger charge is -2.18. The van der Waals surface area contributed by atoms with Crippen molar-refractivity contribution >= 4 is 19.8 Å². The van der Waals surface area contributed by atoms with Gasteiger partial charge in [-0.15, -0.1) is 0 Å². The van der Waals surface area contributed by atoms with Gasteiger partial charge in [0.1, 0.15) is 6.61 Å². The van der Waals surface area contributed by atoms with Crippen molar-refractivity contribution in [2.45, 2.75) is 173 Å². The molecule has 1 fully saturated rings. The minimum Gasteiger partial charge on any atom is -0.462 e. The zero-order valence-electron chi connectivity index (χ0n) is 32.8. The topological polar surface area (TPSA) is 132 Å². The molecule has 2 unspecified atom stereocenters. The summed E-state index contributed by atoms with van der Waals surface area (Å²) in [7, 11) is -4.79. The number of rotatable bonds is 35. The maximum Gasteiger partial charge on any atom is 0.469 e. The molecule has 9 nitrogen and oxygen atoms in total. The number of allylic oxidation sites excluding steroid dienone is 11. The number of esters is 2. The Morgan fingerprint density at radius 3 is 1.68 bits per heavy atom. The lowest BCUT2D eigenvalue weighted by Crippen LogP contribution is -2.29. The molecule has 1 rings (SSSR count). The second-order valence-electron chi connectivity index (χ2n) is 13.6. The van der Waals surface area contributed by atoms with E-state index in [1.54, 1.807) is 0 Å². The van der Waals surface area contributed by atoms with E-state index in [2.05, 4.69) is 73.1 Å². The molecule has 0 bridgehead atoms. The van der Waals surface area contributed by atoms with Crippen LogP contribution in [0.25, 0.3) is 0 Å². The molecule has 0 aliphatic carbocycles. The predicted molar refractivity (Wildman–Crippen MR) is 215 cm³/mol. The molecule has 302 valence electrons. The lowest BCUT2D eigenvalue weighted by molar-refractivity contribution is -0.161. The largest absolute Gasteiger partial charge is 0.469 e. The highest BCUT2D eigenvalue weighted by atomic mass is 31.2. The summed E-state index contributed by atoms with van der Waals surface area (Å²) >= 11 is 0. The first-order valence-corrected chi connectivity index (χ1v) is 21.9. The molecule has 0 amide bonds. The van der Waals surface area contributed by atoms with E-state index in [-0.39, 0.29) is 19.4 Å². The maximum atomic E-state index is 12.4. The fourth-order valence-corrected chi connectivity index (χ4v) is 5.83. The Morgan fingerprint density at radius 2 is 1.09 bits per heavy atom. The highest BCUT2D eigenvalue weighted by molar-refractivity contribution is 7.46. The summed E-state index contributed by atoms with van der Waals surface area (Å²) in [4.78, 5) is 42.8. The van der Waals surface area contributed by atoms with Gasteiger partial charge in [-0.25, -0.2) is 4.57 Å². The van der Waals surface area contributed by atoms with Crippen molar-refractivity contribution in [1.82, 2.24) is 0 Å². The van der Waals surface area contributed by atoms with Gasteiger partial charge in [0.25, 0.3) is 0 Å². The fourth-order valence-electron chi connectivity index (χ4n) is 5.47. The number of epoxide rings is 1. The van der Waals surface area contributed by atoms with E-state index in [1.165, 1.54) is 64.2 Å². The zero-order valence-corrected chi connectivity index (χ0v) is 33.7. The smallest absolute Gasteiger partial charge is 0.462 e. The molecule has 1 heterocycles. The van der Waals surface area contributed by atoms with Gasteiger partial charge in [-0.1, -0.05) is 138 Å². The van der Waals surface area contributed by atoms with E-state index in [1.807, 2.05) is 18.2 Å². The van der Waals surface area contributed by atoms with Crippen LogP contribution in [-0.2, 0) is 32.9 Å². The quantitative estimate of drug-likeness (QED) is 0.0213. The molecule has 0 saturated carbocycles. The highest BCUT2D eigenvalue weighted by Crippen LogP contribution is 2.36. The molecule has 0 aromatic heterocycles. The van der Waals surface area contributed by atoms with E-state index in [0.29, 0.717) is 31.5 Å². The summed E-state index contributed by atoms with van der Waals surface area (Å²) in [5.74, 6) is -1.02. The summed E-state index contributed by atoms with van der Waals surface area (Å²) in [6.07, 6.45) is 46.7. The van der Waals surface area contributed by atoms with Crippen LogP contribution < -0.4 is 0 Å². The Morgan fingerprint density at radius 1 is 0.604 bits per heavy atom. The van der Waals surface area contributed by atoms with Gasteiger partial charge in [0.2, 0.25) is 0 Å². The summed E-state index contributed by atoms with van der Waals surface area (Å²) in [6.45, 7) is 3.54. The summed E-state index contributed by atoms with van der Waals surface area (Å²) in [6, 6.07) is 0. The standard InChI is InChI=1S/C43H71O9P/c1-3-5-7-8-9-10-11-12-13-14-15-16-17-21-24-27-31-35-42(44)49-37-39(38-50-53(46,47)48)51-43(45)36-32-28-25-22-19-18-20-23-26-30-34-41-40(52-41)33-29-6-4-2/h12-13,15-16,18,20-22,24-26,30,39-41H,3-11,14,17,19,23,27-29,31-38H2,1-2H3,(H2,46,47,48)/b13-12-,16-15-,20-18-,24-21-,25-22-,30-26-/t39-,40?,41?/m1/s1. The third kappa shape index (κ3) is 33.7. The van der Waals surface area contributed by atoms with E-state index in [0.717, 1.165) is 44.9 Å². The van der Waals surface area contributed by atoms with Gasteiger partial charge in [0.15, 0.2) is 6.10 Å². The first-order chi connectivity index (χ1) is 25.7. The minimum absolute atomic E-state index is 0.118. The van der Waals surface area contributed by atoms with Crippen LogP contribution in [0, 0.1) is 0 Å². The maximum absolute atomic E-state index is 12.4. The number of hydrogen-bond acceptors (Lipinski definition) is 7. The van der Waals surface area contributed by atoms with Gasteiger partial charge >= 0.3 is 19.8 Å². The second kappa shape index (κ2) is 34.0. The molecule has 53 heavy (non-hydrogen) atoms. The fraction of sp³-hybridized carbons (Fsp3) is 0.674. The first-order valence-electron chi connectivity index (χ1n) is 20.4. The molecule has 0 radical (unpaired) electrons. The molecule has 3 atom stereocenters. The summed E-state index contributed by atoms with van der Waals surface area (Å²) in [5.41, 5.74) is 0. The van der Waals surface area contributed by atoms with Crippen molar-refractivity contribution in [1.29, 1.82) is 0 Å². The SMILES string of the molecule is CCCCCCCC/C=C\C/C=C\C/C=C\CCCC(=O)OC[C@H](COP(=O)(O)O)OC(=O)CCC/C=C\C/C=C\C/C=C\CC1OC1CCCCC. The average Bonchev–Trinajstić information content (AvgIpc) is 3.88. The van der Waals surface area contributed by atoms with E-state index in [9.17, 15) is 14.2 Å². The second-order valence-corrected chi connectivity index (χ2v) is 14.9. The van der Waals surface area contributed by atoms with Gasteiger partial charge in [0, 0.05) is 12.8 Å². The Kier molecular flexibility index (Phi) is 31.1. The molecule has 0 spiro atoms.